The predicted molar refractivity (Wildman–Crippen MR) is 112 cm³/mol. The fraction of sp³-hybridized carbons (Fsp3) is 0.167. The molecule has 0 saturated heterocycles. The summed E-state index contributed by atoms with van der Waals surface area (Å²) in [5.41, 5.74) is 2.00. The maximum absolute atomic E-state index is 5.64. The van der Waals surface area contributed by atoms with Crippen LogP contribution in [0.4, 0.5) is 0 Å². The number of hydrogen-bond donors (Lipinski definition) is 0. The molecule has 0 heterocycles. The lowest BCUT2D eigenvalue weighted by Crippen LogP contribution is -1.93. The number of hydrogen-bond acceptors (Lipinski definition) is 4. The summed E-state index contributed by atoms with van der Waals surface area (Å²) in [6.07, 6.45) is 0. The van der Waals surface area contributed by atoms with Crippen LogP contribution < -0.4 is 18.9 Å². The van der Waals surface area contributed by atoms with Gasteiger partial charge in [-0.25, -0.2) is 0 Å². The summed E-state index contributed by atoms with van der Waals surface area (Å²) in [7, 11) is 6.64. The van der Waals surface area contributed by atoms with Crippen molar-refractivity contribution < 1.29 is 18.9 Å². The van der Waals surface area contributed by atoms with E-state index in [1.165, 1.54) is 0 Å². The van der Waals surface area contributed by atoms with E-state index >= 15 is 0 Å². The van der Waals surface area contributed by atoms with E-state index in [0.29, 0.717) is 11.5 Å². The fourth-order valence-electron chi connectivity index (χ4n) is 3.65. The number of methoxy groups -OCH3 is 4. The maximum Gasteiger partial charge on any atom is 0.168 e. The van der Waals surface area contributed by atoms with Gasteiger partial charge in [0, 0.05) is 16.2 Å². The molecule has 1 radical (unpaired) electrons. The molecule has 0 amide bonds. The maximum atomic E-state index is 5.64. The van der Waals surface area contributed by atoms with Gasteiger partial charge >= 0.3 is 0 Å². The predicted octanol–water partition coefficient (Wildman–Crippen LogP) is 5.49. The summed E-state index contributed by atoms with van der Waals surface area (Å²) in [5, 5.41) is 3.91. The van der Waals surface area contributed by atoms with Gasteiger partial charge in [0.05, 0.1) is 28.4 Å². The molecule has 0 aromatic heterocycles. The molecule has 4 aromatic carbocycles. The van der Waals surface area contributed by atoms with Crippen LogP contribution in [0.1, 0.15) is 0 Å². The van der Waals surface area contributed by atoms with Gasteiger partial charge in [0.15, 0.2) is 11.5 Å². The van der Waals surface area contributed by atoms with Gasteiger partial charge in [0.2, 0.25) is 0 Å². The van der Waals surface area contributed by atoms with Crippen molar-refractivity contribution in [3.05, 3.63) is 60.7 Å². The third-order valence-electron chi connectivity index (χ3n) is 4.96. The van der Waals surface area contributed by atoms with E-state index in [2.05, 4.69) is 6.07 Å². The van der Waals surface area contributed by atoms with Gasteiger partial charge in [-0.15, -0.1) is 0 Å². The first-order valence-electron chi connectivity index (χ1n) is 8.93. The van der Waals surface area contributed by atoms with E-state index in [1.54, 1.807) is 28.4 Å². The summed E-state index contributed by atoms with van der Waals surface area (Å²) < 4.78 is 22.1. The van der Waals surface area contributed by atoms with Gasteiger partial charge < -0.3 is 18.9 Å². The zero-order chi connectivity index (χ0) is 19.7. The first kappa shape index (κ1) is 18.0. The standard InChI is InChI=1S/C24H21O4/c1-25-20-13-11-17(23-19(20)6-5-7-21(23)26-2)15-8-10-18-16(14-15)9-12-22(27-3)24(18)28-4/h5-13H,1-4H3. The van der Waals surface area contributed by atoms with Crippen molar-refractivity contribution in [2.24, 2.45) is 0 Å². The zero-order valence-corrected chi connectivity index (χ0v) is 16.3. The Morgan fingerprint density at radius 3 is 2.07 bits per heavy atom. The average molecular weight is 373 g/mol. The van der Waals surface area contributed by atoms with Crippen LogP contribution in [0.5, 0.6) is 23.0 Å². The van der Waals surface area contributed by atoms with Crippen LogP contribution in [0.3, 0.4) is 0 Å². The van der Waals surface area contributed by atoms with E-state index in [1.807, 2.05) is 54.6 Å². The molecule has 0 atom stereocenters. The molecule has 0 aliphatic rings. The Morgan fingerprint density at radius 2 is 1.36 bits per heavy atom. The van der Waals surface area contributed by atoms with E-state index in [-0.39, 0.29) is 0 Å². The van der Waals surface area contributed by atoms with Crippen molar-refractivity contribution in [1.82, 2.24) is 0 Å². The van der Waals surface area contributed by atoms with Gasteiger partial charge in [0.1, 0.15) is 11.5 Å². The van der Waals surface area contributed by atoms with Crippen LogP contribution in [0, 0.1) is 6.07 Å². The molecule has 0 saturated carbocycles. The highest BCUT2D eigenvalue weighted by Crippen LogP contribution is 2.42. The smallest absolute Gasteiger partial charge is 0.168 e. The van der Waals surface area contributed by atoms with Gasteiger partial charge in [-0.1, -0.05) is 18.2 Å². The molecule has 0 aliphatic heterocycles. The highest BCUT2D eigenvalue weighted by molar-refractivity contribution is 6.05. The second-order valence-electron chi connectivity index (χ2n) is 6.33. The minimum atomic E-state index is 0.702. The van der Waals surface area contributed by atoms with Gasteiger partial charge in [-0.2, -0.15) is 0 Å². The van der Waals surface area contributed by atoms with E-state index in [9.17, 15) is 0 Å². The summed E-state index contributed by atoms with van der Waals surface area (Å²) in [6.45, 7) is 0. The van der Waals surface area contributed by atoms with Gasteiger partial charge in [-0.3, -0.25) is 0 Å². The molecule has 0 N–H and O–H groups in total. The molecule has 28 heavy (non-hydrogen) atoms. The molecule has 0 spiro atoms. The third-order valence-corrected chi connectivity index (χ3v) is 4.96. The number of fused-ring (bicyclic) bond motifs is 2. The molecule has 4 rings (SSSR count). The Hall–Kier alpha value is -3.40. The highest BCUT2D eigenvalue weighted by Gasteiger charge is 2.15. The molecule has 4 aromatic rings. The first-order chi connectivity index (χ1) is 13.7. The Labute approximate surface area is 164 Å². The fourth-order valence-corrected chi connectivity index (χ4v) is 3.65. The second kappa shape index (κ2) is 7.31. The quantitative estimate of drug-likeness (QED) is 0.463. The van der Waals surface area contributed by atoms with Crippen molar-refractivity contribution in [2.75, 3.05) is 28.4 Å². The molecule has 0 aliphatic carbocycles. The lowest BCUT2D eigenvalue weighted by atomic mass is 9.95. The lowest BCUT2D eigenvalue weighted by molar-refractivity contribution is 0.358. The number of ether oxygens (including phenoxy) is 4. The molecule has 0 bridgehead atoms. The minimum absolute atomic E-state index is 0.702. The lowest BCUT2D eigenvalue weighted by Gasteiger charge is -2.15. The van der Waals surface area contributed by atoms with Crippen LogP contribution >= 0.6 is 0 Å². The molecular formula is C24H21O4. The van der Waals surface area contributed by atoms with Crippen molar-refractivity contribution in [3.8, 4) is 34.1 Å². The Balaban J connectivity index is 1.99. The number of rotatable bonds is 5. The van der Waals surface area contributed by atoms with E-state index < -0.39 is 0 Å². The summed E-state index contributed by atoms with van der Waals surface area (Å²) in [5.74, 6) is 3.02. The second-order valence-corrected chi connectivity index (χ2v) is 6.33. The van der Waals surface area contributed by atoms with Crippen LogP contribution in [0.25, 0.3) is 32.7 Å². The monoisotopic (exact) mass is 373 g/mol. The molecule has 0 unspecified atom stereocenters. The average Bonchev–Trinajstić information content (AvgIpc) is 2.76. The largest absolute Gasteiger partial charge is 0.496 e. The minimum Gasteiger partial charge on any atom is -0.496 e. The molecule has 0 fully saturated rings. The molecule has 141 valence electrons. The van der Waals surface area contributed by atoms with Crippen molar-refractivity contribution in [1.29, 1.82) is 0 Å². The van der Waals surface area contributed by atoms with Crippen molar-refractivity contribution >= 4 is 21.5 Å². The summed E-state index contributed by atoms with van der Waals surface area (Å²) >= 11 is 0. The summed E-state index contributed by atoms with van der Waals surface area (Å²) in [4.78, 5) is 0. The van der Waals surface area contributed by atoms with Gasteiger partial charge in [0.25, 0.3) is 0 Å². The van der Waals surface area contributed by atoms with Crippen LogP contribution in [0.2, 0.25) is 0 Å². The summed E-state index contributed by atoms with van der Waals surface area (Å²) in [6, 6.07) is 21.5. The van der Waals surface area contributed by atoms with Crippen molar-refractivity contribution in [2.45, 2.75) is 0 Å². The topological polar surface area (TPSA) is 36.9 Å². The van der Waals surface area contributed by atoms with Crippen molar-refractivity contribution in [3.63, 3.8) is 0 Å². The normalized spacial score (nSPS) is 10.9. The molecular weight excluding hydrogens is 352 g/mol. The SMILES string of the molecule is COc1ccc2[c]c(-c3ccc(OC)c4cccc(OC)c34)ccc2c1OC. The highest BCUT2D eigenvalue weighted by atomic mass is 16.5. The Morgan fingerprint density at radius 1 is 0.607 bits per heavy atom. The van der Waals surface area contributed by atoms with E-state index in [4.69, 9.17) is 18.9 Å². The van der Waals surface area contributed by atoms with Crippen LogP contribution in [-0.2, 0) is 0 Å². The molecule has 4 nitrogen and oxygen atoms in total. The van der Waals surface area contributed by atoms with Gasteiger partial charge in [-0.05, 0) is 59.0 Å². The van der Waals surface area contributed by atoms with E-state index in [0.717, 1.165) is 44.2 Å². The van der Waals surface area contributed by atoms with Crippen LogP contribution in [-0.4, -0.2) is 28.4 Å². The molecule has 4 heteroatoms. The third kappa shape index (κ3) is 2.78. The first-order valence-corrected chi connectivity index (χ1v) is 8.93. The number of benzene rings is 4. The Kier molecular flexibility index (Phi) is 4.70. The Bertz CT molecular complexity index is 1160. The zero-order valence-electron chi connectivity index (χ0n) is 16.3. The van der Waals surface area contributed by atoms with Crippen LogP contribution in [0.15, 0.2) is 54.6 Å².